The van der Waals surface area contributed by atoms with Crippen LogP contribution >= 0.6 is 27.3 Å². The SMILES string of the molecule is Nc1cc2c(CO)c(CBr)ccc2s1. The third-order valence-corrected chi connectivity index (χ3v) is 3.76. The lowest BCUT2D eigenvalue weighted by Crippen LogP contribution is -1.91. The van der Waals surface area contributed by atoms with Crippen molar-refractivity contribution in [2.75, 3.05) is 5.73 Å². The summed E-state index contributed by atoms with van der Waals surface area (Å²) in [5.74, 6) is 0. The van der Waals surface area contributed by atoms with Gasteiger partial charge in [0.15, 0.2) is 0 Å². The van der Waals surface area contributed by atoms with E-state index in [1.165, 1.54) is 0 Å². The van der Waals surface area contributed by atoms with E-state index < -0.39 is 0 Å². The minimum atomic E-state index is 0.0639. The molecule has 74 valence electrons. The summed E-state index contributed by atoms with van der Waals surface area (Å²) >= 11 is 4.95. The van der Waals surface area contributed by atoms with Gasteiger partial charge in [-0.3, -0.25) is 0 Å². The lowest BCUT2D eigenvalue weighted by atomic mass is 10.1. The van der Waals surface area contributed by atoms with Gasteiger partial charge in [-0.1, -0.05) is 22.0 Å². The van der Waals surface area contributed by atoms with Crippen LogP contribution in [0.2, 0.25) is 0 Å². The molecule has 0 fully saturated rings. The summed E-state index contributed by atoms with van der Waals surface area (Å²) in [4.78, 5) is 0. The van der Waals surface area contributed by atoms with Gasteiger partial charge in [0.1, 0.15) is 0 Å². The van der Waals surface area contributed by atoms with Crippen LogP contribution in [0.25, 0.3) is 10.1 Å². The minimum absolute atomic E-state index is 0.0639. The van der Waals surface area contributed by atoms with Crippen molar-refractivity contribution in [1.82, 2.24) is 0 Å². The number of rotatable bonds is 2. The number of anilines is 1. The Labute approximate surface area is 94.5 Å². The second-order valence-electron chi connectivity index (χ2n) is 3.06. The molecule has 0 radical (unpaired) electrons. The summed E-state index contributed by atoms with van der Waals surface area (Å²) in [6.07, 6.45) is 0. The van der Waals surface area contributed by atoms with Gasteiger partial charge in [-0.2, -0.15) is 0 Å². The van der Waals surface area contributed by atoms with Gasteiger partial charge in [0.05, 0.1) is 11.6 Å². The first kappa shape index (κ1) is 9.96. The van der Waals surface area contributed by atoms with Crippen molar-refractivity contribution in [2.24, 2.45) is 0 Å². The molecule has 2 aromatic rings. The molecule has 2 nitrogen and oxygen atoms in total. The van der Waals surface area contributed by atoms with Gasteiger partial charge < -0.3 is 10.8 Å². The average molecular weight is 272 g/mol. The number of hydrogen-bond donors (Lipinski definition) is 2. The van der Waals surface area contributed by atoms with Gasteiger partial charge in [-0.05, 0) is 23.3 Å². The first-order valence-electron chi connectivity index (χ1n) is 4.23. The summed E-state index contributed by atoms with van der Waals surface area (Å²) < 4.78 is 1.14. The van der Waals surface area contributed by atoms with Crippen LogP contribution in [-0.4, -0.2) is 5.11 Å². The van der Waals surface area contributed by atoms with Crippen molar-refractivity contribution in [3.63, 3.8) is 0 Å². The predicted octanol–water partition coefficient (Wildman–Crippen LogP) is 2.87. The molecule has 1 heterocycles. The topological polar surface area (TPSA) is 46.2 Å². The molecular formula is C10H10BrNOS. The normalized spacial score (nSPS) is 11.0. The van der Waals surface area contributed by atoms with Gasteiger partial charge in [0.25, 0.3) is 0 Å². The average Bonchev–Trinajstić information content (AvgIpc) is 2.56. The number of benzene rings is 1. The summed E-state index contributed by atoms with van der Waals surface area (Å²) in [5.41, 5.74) is 7.83. The van der Waals surface area contributed by atoms with E-state index in [1.54, 1.807) is 11.3 Å². The molecule has 0 aliphatic heterocycles. The Kier molecular flexibility index (Phi) is 2.76. The van der Waals surface area contributed by atoms with Crippen molar-refractivity contribution in [3.8, 4) is 0 Å². The van der Waals surface area contributed by atoms with E-state index >= 15 is 0 Å². The fourth-order valence-electron chi connectivity index (χ4n) is 1.55. The van der Waals surface area contributed by atoms with Gasteiger partial charge in [-0.25, -0.2) is 0 Å². The van der Waals surface area contributed by atoms with Crippen LogP contribution in [0.3, 0.4) is 0 Å². The summed E-state index contributed by atoms with van der Waals surface area (Å²) in [5, 5.41) is 11.9. The largest absolute Gasteiger partial charge is 0.392 e. The van der Waals surface area contributed by atoms with Gasteiger partial charge in [-0.15, -0.1) is 11.3 Å². The Hall–Kier alpha value is -0.580. The Morgan fingerprint density at radius 3 is 2.86 bits per heavy atom. The van der Waals surface area contributed by atoms with Crippen molar-refractivity contribution in [2.45, 2.75) is 11.9 Å². The van der Waals surface area contributed by atoms with E-state index in [0.717, 1.165) is 31.5 Å². The first-order valence-corrected chi connectivity index (χ1v) is 6.16. The molecule has 0 saturated heterocycles. The van der Waals surface area contributed by atoms with E-state index in [9.17, 15) is 5.11 Å². The molecular weight excluding hydrogens is 262 g/mol. The van der Waals surface area contributed by atoms with Crippen LogP contribution in [0.5, 0.6) is 0 Å². The van der Waals surface area contributed by atoms with E-state index in [1.807, 2.05) is 18.2 Å². The fourth-order valence-corrected chi connectivity index (χ4v) is 2.93. The van der Waals surface area contributed by atoms with Crippen LogP contribution < -0.4 is 5.73 Å². The smallest absolute Gasteiger partial charge is 0.0868 e. The highest BCUT2D eigenvalue weighted by Gasteiger charge is 2.08. The van der Waals surface area contributed by atoms with Crippen molar-refractivity contribution in [1.29, 1.82) is 0 Å². The number of aliphatic hydroxyl groups excluding tert-OH is 1. The predicted molar refractivity (Wildman–Crippen MR) is 64.8 cm³/mol. The number of alkyl halides is 1. The highest BCUT2D eigenvalue weighted by Crippen LogP contribution is 2.32. The third-order valence-electron chi connectivity index (χ3n) is 2.23. The number of aliphatic hydroxyl groups is 1. The zero-order valence-corrected chi connectivity index (χ0v) is 9.86. The lowest BCUT2D eigenvalue weighted by molar-refractivity contribution is 0.282. The summed E-state index contributed by atoms with van der Waals surface area (Å²) in [7, 11) is 0. The third kappa shape index (κ3) is 1.54. The standard InChI is InChI=1S/C10H10BrNOS/c11-4-6-1-2-9-7(8(6)5-13)3-10(12)14-9/h1-3,13H,4-5,12H2. The molecule has 0 spiro atoms. The molecule has 0 bridgehead atoms. The molecule has 0 aliphatic carbocycles. The molecule has 2 rings (SSSR count). The molecule has 0 unspecified atom stereocenters. The lowest BCUT2D eigenvalue weighted by Gasteiger charge is -2.05. The monoisotopic (exact) mass is 271 g/mol. The van der Waals surface area contributed by atoms with Crippen molar-refractivity contribution >= 4 is 42.4 Å². The maximum atomic E-state index is 9.30. The van der Waals surface area contributed by atoms with Crippen LogP contribution in [0.4, 0.5) is 5.00 Å². The molecule has 0 amide bonds. The number of hydrogen-bond acceptors (Lipinski definition) is 3. The molecule has 1 aromatic heterocycles. The molecule has 4 heteroatoms. The van der Waals surface area contributed by atoms with Crippen LogP contribution in [0, 0.1) is 0 Å². The quantitative estimate of drug-likeness (QED) is 0.826. The number of nitrogen functional groups attached to an aromatic ring is 1. The van der Waals surface area contributed by atoms with E-state index in [0.29, 0.717) is 0 Å². The molecule has 14 heavy (non-hydrogen) atoms. The zero-order chi connectivity index (χ0) is 10.1. The number of nitrogens with two attached hydrogens (primary N) is 1. The number of halogens is 1. The van der Waals surface area contributed by atoms with Gasteiger partial charge in [0, 0.05) is 15.4 Å². The Morgan fingerprint density at radius 1 is 1.43 bits per heavy atom. The van der Waals surface area contributed by atoms with Crippen LogP contribution in [-0.2, 0) is 11.9 Å². The van der Waals surface area contributed by atoms with Crippen LogP contribution in [0.1, 0.15) is 11.1 Å². The molecule has 0 atom stereocenters. The number of thiophene rings is 1. The summed E-state index contributed by atoms with van der Waals surface area (Å²) in [6, 6.07) is 6.00. The van der Waals surface area contributed by atoms with E-state index in [-0.39, 0.29) is 6.61 Å². The summed E-state index contributed by atoms with van der Waals surface area (Å²) in [6.45, 7) is 0.0639. The fraction of sp³-hybridized carbons (Fsp3) is 0.200. The highest BCUT2D eigenvalue weighted by atomic mass is 79.9. The van der Waals surface area contributed by atoms with E-state index in [2.05, 4.69) is 15.9 Å². The second kappa shape index (κ2) is 3.88. The molecule has 3 N–H and O–H groups in total. The number of fused-ring (bicyclic) bond motifs is 1. The molecule has 1 aromatic carbocycles. The van der Waals surface area contributed by atoms with E-state index in [4.69, 9.17) is 5.73 Å². The van der Waals surface area contributed by atoms with Crippen molar-refractivity contribution < 1.29 is 5.11 Å². The molecule has 0 saturated carbocycles. The second-order valence-corrected chi connectivity index (χ2v) is 4.73. The Bertz CT molecular complexity index is 466. The van der Waals surface area contributed by atoms with Gasteiger partial charge in [0.2, 0.25) is 0 Å². The first-order chi connectivity index (χ1) is 6.76. The Morgan fingerprint density at radius 2 is 2.21 bits per heavy atom. The van der Waals surface area contributed by atoms with Crippen LogP contribution in [0.15, 0.2) is 18.2 Å². The minimum Gasteiger partial charge on any atom is -0.392 e. The van der Waals surface area contributed by atoms with Gasteiger partial charge >= 0.3 is 0 Å². The maximum Gasteiger partial charge on any atom is 0.0868 e. The zero-order valence-electron chi connectivity index (χ0n) is 7.46. The van der Waals surface area contributed by atoms with Crippen molar-refractivity contribution in [3.05, 3.63) is 29.3 Å². The maximum absolute atomic E-state index is 9.30. The Balaban J connectivity index is 2.75. The highest BCUT2D eigenvalue weighted by molar-refractivity contribution is 9.08. The molecule has 0 aliphatic rings.